The van der Waals surface area contributed by atoms with Crippen LogP contribution >= 0.6 is 0 Å². The summed E-state index contributed by atoms with van der Waals surface area (Å²) in [7, 11) is 0. The van der Waals surface area contributed by atoms with E-state index in [0.717, 1.165) is 0 Å². The van der Waals surface area contributed by atoms with E-state index in [1.807, 2.05) is 0 Å². The van der Waals surface area contributed by atoms with Gasteiger partial charge in [0.25, 0.3) is 22.7 Å². The van der Waals surface area contributed by atoms with Crippen LogP contribution in [0.4, 0.5) is 34.1 Å². The number of anilines is 1. The maximum Gasteiger partial charge on any atom is 0.286 e. The third-order valence-electron chi connectivity index (χ3n) is 6.43. The molecule has 0 bridgehead atoms. The summed E-state index contributed by atoms with van der Waals surface area (Å²) in [6.07, 6.45) is 1.52. The molecule has 1 heterocycles. The molecule has 1 aliphatic heterocycles. The molecule has 0 unspecified atom stereocenters. The molecule has 0 atom stereocenters. The van der Waals surface area contributed by atoms with Crippen molar-refractivity contribution in [3.63, 3.8) is 0 Å². The van der Waals surface area contributed by atoms with Crippen LogP contribution in [-0.2, 0) is 0 Å². The maximum absolute atomic E-state index is 11.7. The van der Waals surface area contributed by atoms with E-state index in [9.17, 15) is 40.5 Å². The molecule has 0 amide bonds. The van der Waals surface area contributed by atoms with Gasteiger partial charge in [0.05, 0.1) is 41.9 Å². The van der Waals surface area contributed by atoms with E-state index in [1.54, 1.807) is 9.48 Å². The number of nitro groups is 4. The van der Waals surface area contributed by atoms with Crippen LogP contribution in [-0.4, -0.2) is 43.7 Å². The first kappa shape index (κ1) is 25.1. The molecule has 2 aromatic carbocycles. The molecule has 0 fully saturated rings. The van der Waals surface area contributed by atoms with Crippen LogP contribution in [0.2, 0.25) is 0 Å². The van der Waals surface area contributed by atoms with Gasteiger partial charge in [-0.15, -0.1) is 0 Å². The first-order chi connectivity index (χ1) is 16.2. The second kappa shape index (κ2) is 8.70. The lowest BCUT2D eigenvalue weighted by Crippen LogP contribution is -2.22. The topological polar surface area (TPSA) is 179 Å². The number of benzene rings is 2. The van der Waals surface area contributed by atoms with E-state index in [0.29, 0.717) is 0 Å². The van der Waals surface area contributed by atoms with Crippen molar-refractivity contribution >= 4 is 40.5 Å². The average molecular weight is 487 g/mol. The molecule has 0 radical (unpaired) electrons. The van der Waals surface area contributed by atoms with Crippen molar-refractivity contribution in [1.82, 2.24) is 0 Å². The summed E-state index contributed by atoms with van der Waals surface area (Å²) in [6.45, 7) is 9.17. The average Bonchev–Trinajstić information content (AvgIpc) is 3.15. The Morgan fingerprint density at radius 1 is 0.629 bits per heavy atom. The van der Waals surface area contributed by atoms with Gasteiger partial charge in [0.1, 0.15) is 35.6 Å². The summed E-state index contributed by atoms with van der Waals surface area (Å²) < 4.78 is 1.60. The van der Waals surface area contributed by atoms with Gasteiger partial charge < -0.3 is 0 Å². The summed E-state index contributed by atoms with van der Waals surface area (Å²) >= 11 is 0. The first-order valence-electron chi connectivity index (χ1n) is 10.5. The second-order valence-electron chi connectivity index (χ2n) is 8.37. The maximum atomic E-state index is 11.7. The summed E-state index contributed by atoms with van der Waals surface area (Å²) in [6, 6.07) is 0. The first-order valence-corrected chi connectivity index (χ1v) is 10.5. The zero-order valence-corrected chi connectivity index (χ0v) is 19.9. The highest BCUT2D eigenvalue weighted by Crippen LogP contribution is 2.44. The van der Waals surface area contributed by atoms with Crippen LogP contribution in [0.25, 0.3) is 0 Å². The van der Waals surface area contributed by atoms with Crippen molar-refractivity contribution in [3.05, 3.63) is 73.8 Å². The highest BCUT2D eigenvalue weighted by molar-refractivity contribution is 5.87. The molecule has 0 saturated heterocycles. The fourth-order valence-corrected chi connectivity index (χ4v) is 5.16. The molecule has 2 aromatic rings. The van der Waals surface area contributed by atoms with Crippen molar-refractivity contribution in [2.45, 2.75) is 41.5 Å². The predicted molar refractivity (Wildman–Crippen MR) is 126 cm³/mol. The van der Waals surface area contributed by atoms with Crippen molar-refractivity contribution < 1.29 is 24.3 Å². The minimum atomic E-state index is -0.657. The monoisotopic (exact) mass is 487 g/mol. The molecule has 0 aliphatic carbocycles. The minimum absolute atomic E-state index is 0.0497. The Kier molecular flexibility index (Phi) is 6.25. The molecule has 14 heteroatoms. The number of hydrogen-bond donors (Lipinski definition) is 0. The largest absolute Gasteiger partial charge is 0.286 e. The predicted octanol–water partition coefficient (Wildman–Crippen LogP) is 4.36. The summed E-state index contributed by atoms with van der Waals surface area (Å²) in [5, 5.41) is 46.9. The molecule has 14 nitrogen and oxygen atoms in total. The Morgan fingerprint density at radius 3 is 1.31 bits per heavy atom. The number of nitro benzene ring substituents is 4. The van der Waals surface area contributed by atoms with Gasteiger partial charge in [0, 0.05) is 0 Å². The normalized spacial score (nSPS) is 13.1. The Bertz CT molecular complexity index is 1300. The second-order valence-corrected chi connectivity index (χ2v) is 8.37. The molecule has 184 valence electrons. The van der Waals surface area contributed by atoms with Crippen molar-refractivity contribution in [1.29, 1.82) is 0 Å². The van der Waals surface area contributed by atoms with Crippen LogP contribution in [0, 0.1) is 82.0 Å². The van der Waals surface area contributed by atoms with Crippen LogP contribution < -0.4 is 4.90 Å². The van der Waals surface area contributed by atoms with E-state index in [1.165, 1.54) is 47.9 Å². The fourth-order valence-electron chi connectivity index (χ4n) is 5.16. The lowest BCUT2D eigenvalue weighted by atomic mass is 9.98. The Labute approximate surface area is 198 Å². The molecule has 0 aromatic heterocycles. The zero-order valence-electron chi connectivity index (χ0n) is 19.9. The Balaban J connectivity index is 2.32. The lowest BCUT2D eigenvalue weighted by Gasteiger charge is -2.15. The number of rotatable bonds is 6. The summed E-state index contributed by atoms with van der Waals surface area (Å²) in [4.78, 5) is 45.9. The van der Waals surface area contributed by atoms with Crippen LogP contribution in [0.5, 0.6) is 0 Å². The Hall–Kier alpha value is -4.49. The Morgan fingerprint density at radius 2 is 0.971 bits per heavy atom. The van der Waals surface area contributed by atoms with Crippen LogP contribution in [0.3, 0.4) is 0 Å². The number of nitrogens with zero attached hydrogens (tertiary/aromatic N) is 6. The van der Waals surface area contributed by atoms with Gasteiger partial charge in [-0.3, -0.25) is 40.5 Å². The SMILES string of the molecule is Cc1c(N2C=[N+](c3c(C)c([N+](=O)[O-])c(C)c([N+](=O)[O-])c3C)CC2)c(C)c([N+](=O)[O-])c(C)c1[N+](=O)[O-]. The quantitative estimate of drug-likeness (QED) is 0.325. The molecule has 35 heavy (non-hydrogen) atoms. The molecule has 3 rings (SSSR count). The van der Waals surface area contributed by atoms with Gasteiger partial charge in [-0.25, -0.2) is 9.48 Å². The van der Waals surface area contributed by atoms with Crippen LogP contribution in [0.15, 0.2) is 0 Å². The van der Waals surface area contributed by atoms with Crippen LogP contribution in [0.1, 0.15) is 33.4 Å². The lowest BCUT2D eigenvalue weighted by molar-refractivity contribution is -0.430. The zero-order chi connectivity index (χ0) is 26.5. The molecule has 1 aliphatic rings. The molecule has 0 N–H and O–H groups in total. The highest BCUT2D eigenvalue weighted by Gasteiger charge is 2.39. The summed E-state index contributed by atoms with van der Waals surface area (Å²) in [5.74, 6) is 0. The number of hydrogen-bond acceptors (Lipinski definition) is 9. The van der Waals surface area contributed by atoms with E-state index in [2.05, 4.69) is 0 Å². The standard InChI is InChI=1S/C21H23N6O8/c1-10-16(11(2)19(25(30)31)14(5)18(10)24(28)29)22-7-8-23(9-22)17-12(3)20(26(32)33)15(6)21(13(17)4)27(34)35/h9H,7-8H2,1-6H3/q+1. The van der Waals surface area contributed by atoms with Gasteiger partial charge in [-0.05, 0) is 41.5 Å². The van der Waals surface area contributed by atoms with E-state index in [4.69, 9.17) is 0 Å². The molecular formula is C21H23N6O8+. The van der Waals surface area contributed by atoms with E-state index < -0.39 is 19.7 Å². The molecular weight excluding hydrogens is 464 g/mol. The third kappa shape index (κ3) is 3.82. The summed E-state index contributed by atoms with van der Waals surface area (Å²) in [5.41, 5.74) is -0.0343. The van der Waals surface area contributed by atoms with Crippen molar-refractivity contribution in [2.75, 3.05) is 18.0 Å². The van der Waals surface area contributed by atoms with E-state index >= 15 is 0 Å². The fraction of sp³-hybridized carbons (Fsp3) is 0.381. The molecule has 0 spiro atoms. The van der Waals surface area contributed by atoms with Gasteiger partial charge in [0.2, 0.25) is 6.34 Å². The van der Waals surface area contributed by atoms with E-state index in [-0.39, 0.29) is 80.6 Å². The highest BCUT2D eigenvalue weighted by atomic mass is 16.6. The van der Waals surface area contributed by atoms with Gasteiger partial charge >= 0.3 is 0 Å². The molecule has 0 saturated carbocycles. The van der Waals surface area contributed by atoms with Crippen molar-refractivity contribution in [3.8, 4) is 0 Å². The van der Waals surface area contributed by atoms with Gasteiger partial charge in [0.15, 0.2) is 0 Å². The minimum Gasteiger partial charge on any atom is -0.258 e. The smallest absolute Gasteiger partial charge is 0.258 e. The van der Waals surface area contributed by atoms with Crippen molar-refractivity contribution in [2.24, 2.45) is 0 Å². The van der Waals surface area contributed by atoms with Gasteiger partial charge in [-0.1, -0.05) is 0 Å². The van der Waals surface area contributed by atoms with Gasteiger partial charge in [-0.2, -0.15) is 0 Å². The third-order valence-corrected chi connectivity index (χ3v) is 6.43.